The van der Waals surface area contributed by atoms with Gasteiger partial charge in [-0.2, -0.15) is 0 Å². The predicted octanol–water partition coefficient (Wildman–Crippen LogP) is 3.85. The molecule has 0 heterocycles. The quantitative estimate of drug-likeness (QED) is 0.515. The number of halogens is 1. The Labute approximate surface area is 93.2 Å². The summed E-state index contributed by atoms with van der Waals surface area (Å²) in [5, 5.41) is 0. The summed E-state index contributed by atoms with van der Waals surface area (Å²) in [6.45, 7) is 7.86. The first-order chi connectivity index (χ1) is 6.53. The van der Waals surface area contributed by atoms with Gasteiger partial charge in [0.15, 0.2) is 0 Å². The van der Waals surface area contributed by atoms with Crippen LogP contribution < -0.4 is 0 Å². The minimum atomic E-state index is 0.462. The largest absolute Gasteiger partial charge is 0.378 e. The van der Waals surface area contributed by atoms with Gasteiger partial charge in [0, 0.05) is 12.5 Å². The predicted molar refractivity (Wildman–Crippen MR) is 61.9 cm³/mol. The monoisotopic (exact) mass is 218 g/mol. The molecule has 0 aromatic carbocycles. The second-order valence-electron chi connectivity index (χ2n) is 5.45. The molecule has 1 aliphatic rings. The lowest BCUT2D eigenvalue weighted by molar-refractivity contribution is -0.0222. The molecule has 0 aromatic heterocycles. The number of alkyl halides is 1. The molecule has 1 aliphatic carbocycles. The lowest BCUT2D eigenvalue weighted by Crippen LogP contribution is -2.32. The summed E-state index contributed by atoms with van der Waals surface area (Å²) >= 11 is 5.62. The van der Waals surface area contributed by atoms with E-state index in [2.05, 4.69) is 20.8 Å². The van der Waals surface area contributed by atoms with Crippen LogP contribution in [-0.4, -0.2) is 18.6 Å². The van der Waals surface area contributed by atoms with Crippen molar-refractivity contribution in [2.24, 2.45) is 11.3 Å². The van der Waals surface area contributed by atoms with Gasteiger partial charge in [0.1, 0.15) is 0 Å². The van der Waals surface area contributed by atoms with Crippen LogP contribution in [0, 0.1) is 11.3 Å². The Balaban J connectivity index is 2.30. The Bertz CT molecular complexity index is 168. The molecule has 14 heavy (non-hydrogen) atoms. The molecule has 0 amide bonds. The van der Waals surface area contributed by atoms with E-state index in [0.29, 0.717) is 17.4 Å². The van der Waals surface area contributed by atoms with Crippen LogP contribution >= 0.6 is 11.6 Å². The average Bonchev–Trinajstić information content (AvgIpc) is 2.00. The topological polar surface area (TPSA) is 9.23 Å². The zero-order valence-electron chi connectivity index (χ0n) is 9.68. The van der Waals surface area contributed by atoms with E-state index in [1.807, 2.05) is 0 Å². The Hall–Kier alpha value is 0.250. The smallest absolute Gasteiger partial charge is 0.0582 e. The van der Waals surface area contributed by atoms with Crippen molar-refractivity contribution >= 4 is 11.6 Å². The van der Waals surface area contributed by atoms with Gasteiger partial charge >= 0.3 is 0 Å². The van der Waals surface area contributed by atoms with Gasteiger partial charge in [0.25, 0.3) is 0 Å². The molecule has 1 saturated carbocycles. The van der Waals surface area contributed by atoms with E-state index >= 15 is 0 Å². The summed E-state index contributed by atoms with van der Waals surface area (Å²) in [4.78, 5) is 0. The van der Waals surface area contributed by atoms with Crippen LogP contribution in [0.15, 0.2) is 0 Å². The van der Waals surface area contributed by atoms with Gasteiger partial charge in [-0.3, -0.25) is 0 Å². The number of hydrogen-bond donors (Lipinski definition) is 0. The van der Waals surface area contributed by atoms with Crippen LogP contribution in [-0.2, 0) is 4.74 Å². The highest BCUT2D eigenvalue weighted by atomic mass is 35.5. The zero-order valence-corrected chi connectivity index (χ0v) is 10.4. The molecule has 2 heteroatoms. The number of ether oxygens (including phenoxy) is 1. The summed E-state index contributed by atoms with van der Waals surface area (Å²) in [5.74, 6) is 1.52. The van der Waals surface area contributed by atoms with Gasteiger partial charge in [-0.25, -0.2) is 0 Å². The fourth-order valence-electron chi connectivity index (χ4n) is 2.69. The first kappa shape index (κ1) is 12.3. The summed E-state index contributed by atoms with van der Waals surface area (Å²) in [6, 6.07) is 0. The van der Waals surface area contributed by atoms with Crippen molar-refractivity contribution in [2.45, 2.75) is 52.6 Å². The molecule has 0 aromatic rings. The van der Waals surface area contributed by atoms with Crippen LogP contribution in [0.5, 0.6) is 0 Å². The lowest BCUT2D eigenvalue weighted by atomic mass is 9.71. The van der Waals surface area contributed by atoms with E-state index < -0.39 is 0 Å². The minimum Gasteiger partial charge on any atom is -0.378 e. The van der Waals surface area contributed by atoms with Crippen molar-refractivity contribution in [1.29, 1.82) is 0 Å². The van der Waals surface area contributed by atoms with Crippen LogP contribution in [0.1, 0.15) is 46.5 Å². The normalized spacial score (nSPS) is 31.7. The second-order valence-corrected chi connectivity index (χ2v) is 5.83. The van der Waals surface area contributed by atoms with Crippen molar-refractivity contribution < 1.29 is 4.74 Å². The van der Waals surface area contributed by atoms with Crippen molar-refractivity contribution in [3.63, 3.8) is 0 Å². The highest BCUT2D eigenvalue weighted by molar-refractivity contribution is 6.17. The van der Waals surface area contributed by atoms with Crippen molar-refractivity contribution in [1.82, 2.24) is 0 Å². The second kappa shape index (κ2) is 5.37. The molecule has 0 N–H and O–H groups in total. The third-order valence-corrected chi connectivity index (χ3v) is 3.25. The average molecular weight is 219 g/mol. The van der Waals surface area contributed by atoms with E-state index in [9.17, 15) is 0 Å². The summed E-state index contributed by atoms with van der Waals surface area (Å²) in [7, 11) is 0. The molecule has 0 radical (unpaired) electrons. The van der Waals surface area contributed by atoms with Crippen LogP contribution in [0.2, 0.25) is 0 Å². The summed E-state index contributed by atoms with van der Waals surface area (Å²) in [6.07, 6.45) is 5.22. The molecule has 1 fully saturated rings. The summed E-state index contributed by atoms with van der Waals surface area (Å²) < 4.78 is 5.84. The SMILES string of the molecule is CC1CC(OCCCCl)CC(C)(C)C1. The van der Waals surface area contributed by atoms with Crippen molar-refractivity contribution in [3.05, 3.63) is 0 Å². The maximum absolute atomic E-state index is 5.84. The third kappa shape index (κ3) is 4.18. The fraction of sp³-hybridized carbons (Fsp3) is 1.00. The molecule has 0 aliphatic heterocycles. The number of hydrogen-bond acceptors (Lipinski definition) is 1. The molecule has 84 valence electrons. The Morgan fingerprint density at radius 2 is 2.07 bits per heavy atom. The molecule has 1 rings (SSSR count). The molecule has 0 spiro atoms. The standard InChI is InChI=1S/C12H23ClO/c1-10-7-11(14-6-4-5-13)9-12(2,3)8-10/h10-11H,4-9H2,1-3H3. The van der Waals surface area contributed by atoms with Gasteiger partial charge in [-0.1, -0.05) is 20.8 Å². The van der Waals surface area contributed by atoms with E-state index in [1.165, 1.54) is 19.3 Å². The zero-order chi connectivity index (χ0) is 10.6. The molecule has 1 nitrogen and oxygen atoms in total. The van der Waals surface area contributed by atoms with Gasteiger partial charge in [-0.15, -0.1) is 11.6 Å². The van der Waals surface area contributed by atoms with Crippen molar-refractivity contribution in [2.75, 3.05) is 12.5 Å². The molecule has 2 unspecified atom stereocenters. The Kier molecular flexibility index (Phi) is 4.72. The minimum absolute atomic E-state index is 0.462. The molecular formula is C12H23ClO. The van der Waals surface area contributed by atoms with E-state index in [4.69, 9.17) is 16.3 Å². The van der Waals surface area contributed by atoms with E-state index in [-0.39, 0.29) is 0 Å². The van der Waals surface area contributed by atoms with E-state index in [0.717, 1.165) is 18.9 Å². The Morgan fingerprint density at radius 3 is 2.64 bits per heavy atom. The third-order valence-electron chi connectivity index (χ3n) is 2.98. The van der Waals surface area contributed by atoms with Crippen LogP contribution in [0.3, 0.4) is 0 Å². The molecule has 2 atom stereocenters. The first-order valence-electron chi connectivity index (χ1n) is 5.71. The van der Waals surface area contributed by atoms with Crippen LogP contribution in [0.4, 0.5) is 0 Å². The highest BCUT2D eigenvalue weighted by Gasteiger charge is 2.32. The summed E-state index contributed by atoms with van der Waals surface area (Å²) in [5.41, 5.74) is 0.462. The fourth-order valence-corrected chi connectivity index (χ4v) is 2.80. The highest BCUT2D eigenvalue weighted by Crippen LogP contribution is 2.39. The van der Waals surface area contributed by atoms with Gasteiger partial charge in [-0.05, 0) is 37.0 Å². The van der Waals surface area contributed by atoms with Crippen molar-refractivity contribution in [3.8, 4) is 0 Å². The maximum atomic E-state index is 5.84. The first-order valence-corrected chi connectivity index (χ1v) is 6.24. The molecule has 0 bridgehead atoms. The van der Waals surface area contributed by atoms with E-state index in [1.54, 1.807) is 0 Å². The van der Waals surface area contributed by atoms with Crippen LogP contribution in [0.25, 0.3) is 0 Å². The molecular weight excluding hydrogens is 196 g/mol. The maximum Gasteiger partial charge on any atom is 0.0582 e. The van der Waals surface area contributed by atoms with Gasteiger partial charge in [0.05, 0.1) is 6.10 Å². The molecule has 0 saturated heterocycles. The van der Waals surface area contributed by atoms with Gasteiger partial charge in [0.2, 0.25) is 0 Å². The Morgan fingerprint density at radius 1 is 1.36 bits per heavy atom. The lowest BCUT2D eigenvalue weighted by Gasteiger charge is -2.38. The van der Waals surface area contributed by atoms with Gasteiger partial charge < -0.3 is 4.74 Å². The number of rotatable bonds is 4.